The fourth-order valence-electron chi connectivity index (χ4n) is 2.27. The molecular formula is C16H24N2O3. The first-order chi connectivity index (χ1) is 9.71. The first kappa shape index (κ1) is 17.0. The second-order valence-electron chi connectivity index (χ2n) is 6.01. The monoisotopic (exact) mass is 292 g/mol. The van der Waals surface area contributed by atoms with E-state index in [0.717, 1.165) is 12.8 Å². The number of hydrogen-bond acceptors (Lipinski definition) is 2. The first-order valence-electron chi connectivity index (χ1n) is 7.10. The molecule has 1 rings (SSSR count). The van der Waals surface area contributed by atoms with E-state index in [1.165, 1.54) is 6.92 Å². The highest BCUT2D eigenvalue weighted by atomic mass is 16.4. The summed E-state index contributed by atoms with van der Waals surface area (Å²) >= 11 is 0. The molecule has 0 aromatic heterocycles. The van der Waals surface area contributed by atoms with Gasteiger partial charge >= 0.3 is 12.0 Å². The van der Waals surface area contributed by atoms with Crippen molar-refractivity contribution in [2.24, 2.45) is 0 Å². The molecule has 116 valence electrons. The quantitative estimate of drug-likeness (QED) is 0.754. The van der Waals surface area contributed by atoms with Crippen LogP contribution in [0.15, 0.2) is 30.3 Å². The number of carboxylic acid groups (broad SMARTS) is 1. The summed E-state index contributed by atoms with van der Waals surface area (Å²) in [6.45, 7) is 7.34. The van der Waals surface area contributed by atoms with Crippen LogP contribution in [-0.2, 0) is 10.3 Å². The maximum atomic E-state index is 12.1. The van der Waals surface area contributed by atoms with Gasteiger partial charge in [-0.25, -0.2) is 9.59 Å². The number of amides is 2. The van der Waals surface area contributed by atoms with Gasteiger partial charge < -0.3 is 15.7 Å². The van der Waals surface area contributed by atoms with Crippen LogP contribution in [0.25, 0.3) is 0 Å². The minimum absolute atomic E-state index is 0.380. The Balaban J connectivity index is 2.90. The van der Waals surface area contributed by atoms with Crippen LogP contribution in [0.1, 0.15) is 46.1 Å². The molecule has 0 saturated heterocycles. The van der Waals surface area contributed by atoms with Gasteiger partial charge in [0, 0.05) is 5.54 Å². The molecule has 0 saturated carbocycles. The zero-order chi connectivity index (χ0) is 16.1. The number of hydrogen-bond donors (Lipinski definition) is 3. The summed E-state index contributed by atoms with van der Waals surface area (Å²) in [6.07, 6.45) is 1.75. The lowest BCUT2D eigenvalue weighted by molar-refractivity contribution is -0.144. The van der Waals surface area contributed by atoms with Crippen molar-refractivity contribution >= 4 is 12.0 Å². The average molecular weight is 292 g/mol. The summed E-state index contributed by atoms with van der Waals surface area (Å²) in [4.78, 5) is 23.7. The molecule has 0 aliphatic rings. The van der Waals surface area contributed by atoms with Crippen molar-refractivity contribution in [3.05, 3.63) is 35.9 Å². The van der Waals surface area contributed by atoms with E-state index < -0.39 is 17.5 Å². The SMILES string of the molecule is CCCC(C)(C)NC(=O)NC(C)(C(=O)O)c1ccccc1. The molecule has 0 aliphatic carbocycles. The lowest BCUT2D eigenvalue weighted by atomic mass is 9.92. The van der Waals surface area contributed by atoms with Gasteiger partial charge in [0.2, 0.25) is 0 Å². The smallest absolute Gasteiger partial charge is 0.333 e. The van der Waals surface area contributed by atoms with Crippen LogP contribution >= 0.6 is 0 Å². The molecule has 0 radical (unpaired) electrons. The summed E-state index contributed by atoms with van der Waals surface area (Å²) in [5, 5.41) is 14.9. The van der Waals surface area contributed by atoms with E-state index in [4.69, 9.17) is 0 Å². The topological polar surface area (TPSA) is 78.4 Å². The molecule has 0 bridgehead atoms. The van der Waals surface area contributed by atoms with Crippen LogP contribution in [0, 0.1) is 0 Å². The number of carbonyl (C=O) groups is 2. The average Bonchev–Trinajstić information content (AvgIpc) is 2.38. The molecule has 1 atom stereocenters. The summed E-state index contributed by atoms with van der Waals surface area (Å²) in [7, 11) is 0. The molecule has 3 N–H and O–H groups in total. The Morgan fingerprint density at radius 2 is 1.67 bits per heavy atom. The molecule has 1 aromatic carbocycles. The number of carbonyl (C=O) groups excluding carboxylic acids is 1. The molecule has 0 fully saturated rings. The Morgan fingerprint density at radius 1 is 1.10 bits per heavy atom. The lowest BCUT2D eigenvalue weighted by Gasteiger charge is -2.31. The van der Waals surface area contributed by atoms with Crippen LogP contribution in [0.2, 0.25) is 0 Å². The Morgan fingerprint density at radius 3 is 2.14 bits per heavy atom. The van der Waals surface area contributed by atoms with Crippen molar-refractivity contribution in [2.75, 3.05) is 0 Å². The number of benzene rings is 1. The van der Waals surface area contributed by atoms with E-state index in [1.54, 1.807) is 30.3 Å². The summed E-state index contributed by atoms with van der Waals surface area (Å²) < 4.78 is 0. The van der Waals surface area contributed by atoms with Crippen molar-refractivity contribution in [1.82, 2.24) is 10.6 Å². The van der Waals surface area contributed by atoms with E-state index >= 15 is 0 Å². The van der Waals surface area contributed by atoms with Crippen LogP contribution in [0.5, 0.6) is 0 Å². The van der Waals surface area contributed by atoms with Gasteiger partial charge in [-0.15, -0.1) is 0 Å². The van der Waals surface area contributed by atoms with Crippen molar-refractivity contribution in [3.8, 4) is 0 Å². The third kappa shape index (κ3) is 4.48. The highest BCUT2D eigenvalue weighted by Gasteiger charge is 2.37. The minimum atomic E-state index is -1.46. The zero-order valence-electron chi connectivity index (χ0n) is 13.1. The highest BCUT2D eigenvalue weighted by molar-refractivity contribution is 5.87. The largest absolute Gasteiger partial charge is 0.479 e. The van der Waals surface area contributed by atoms with E-state index in [9.17, 15) is 14.7 Å². The summed E-state index contributed by atoms with van der Waals surface area (Å²) in [6, 6.07) is 8.18. The third-order valence-corrected chi connectivity index (χ3v) is 3.47. The predicted octanol–water partition coefficient (Wildman–Crippen LogP) is 2.86. The lowest BCUT2D eigenvalue weighted by Crippen LogP contribution is -2.56. The Labute approximate surface area is 125 Å². The Kier molecular flexibility index (Phi) is 5.35. The molecule has 0 aliphatic heterocycles. The van der Waals surface area contributed by atoms with Gasteiger partial charge in [-0.05, 0) is 32.8 Å². The minimum Gasteiger partial charge on any atom is -0.479 e. The maximum Gasteiger partial charge on any atom is 0.333 e. The molecule has 5 nitrogen and oxygen atoms in total. The molecular weight excluding hydrogens is 268 g/mol. The summed E-state index contributed by atoms with van der Waals surface area (Å²) in [5.41, 5.74) is -1.32. The number of nitrogens with one attached hydrogen (secondary N) is 2. The Hall–Kier alpha value is -2.04. The molecule has 0 heterocycles. The summed E-state index contributed by atoms with van der Waals surface area (Å²) in [5.74, 6) is -1.10. The molecule has 5 heteroatoms. The standard InChI is InChI=1S/C16H24N2O3/c1-5-11-15(2,3)17-14(21)18-16(4,13(19)20)12-9-7-6-8-10-12/h6-10H,5,11H2,1-4H3,(H,19,20)(H2,17,18,21). The van der Waals surface area contributed by atoms with Gasteiger partial charge in [-0.1, -0.05) is 43.7 Å². The number of urea groups is 1. The fraction of sp³-hybridized carbons (Fsp3) is 0.500. The molecule has 2 amide bonds. The zero-order valence-corrected chi connectivity index (χ0v) is 13.1. The molecule has 1 unspecified atom stereocenters. The van der Waals surface area contributed by atoms with Gasteiger partial charge in [0.15, 0.2) is 5.54 Å². The van der Waals surface area contributed by atoms with Gasteiger partial charge in [-0.3, -0.25) is 0 Å². The van der Waals surface area contributed by atoms with Crippen molar-refractivity contribution in [3.63, 3.8) is 0 Å². The fourth-order valence-corrected chi connectivity index (χ4v) is 2.27. The van der Waals surface area contributed by atoms with E-state index in [-0.39, 0.29) is 5.54 Å². The number of rotatable bonds is 6. The second kappa shape index (κ2) is 6.61. The maximum absolute atomic E-state index is 12.1. The Bertz CT molecular complexity index is 500. The van der Waals surface area contributed by atoms with Crippen LogP contribution in [0.3, 0.4) is 0 Å². The van der Waals surface area contributed by atoms with E-state index in [2.05, 4.69) is 10.6 Å². The van der Waals surface area contributed by atoms with Crippen molar-refractivity contribution in [2.45, 2.75) is 51.6 Å². The predicted molar refractivity (Wildman–Crippen MR) is 82.1 cm³/mol. The van der Waals surface area contributed by atoms with Crippen LogP contribution in [0.4, 0.5) is 4.79 Å². The first-order valence-corrected chi connectivity index (χ1v) is 7.10. The number of aliphatic carboxylic acids is 1. The second-order valence-corrected chi connectivity index (χ2v) is 6.01. The van der Waals surface area contributed by atoms with Gasteiger partial charge in [0.1, 0.15) is 0 Å². The van der Waals surface area contributed by atoms with Crippen LogP contribution in [-0.4, -0.2) is 22.6 Å². The third-order valence-electron chi connectivity index (χ3n) is 3.47. The normalized spacial score (nSPS) is 14.1. The van der Waals surface area contributed by atoms with Crippen molar-refractivity contribution in [1.29, 1.82) is 0 Å². The molecule has 21 heavy (non-hydrogen) atoms. The van der Waals surface area contributed by atoms with Gasteiger partial charge in [0.05, 0.1) is 0 Å². The molecule has 1 aromatic rings. The number of carboxylic acids is 1. The molecule has 0 spiro atoms. The van der Waals surface area contributed by atoms with Gasteiger partial charge in [-0.2, -0.15) is 0 Å². The van der Waals surface area contributed by atoms with E-state index in [0.29, 0.717) is 5.56 Å². The highest BCUT2D eigenvalue weighted by Crippen LogP contribution is 2.21. The van der Waals surface area contributed by atoms with Crippen LogP contribution < -0.4 is 10.6 Å². The van der Waals surface area contributed by atoms with Crippen molar-refractivity contribution < 1.29 is 14.7 Å². The van der Waals surface area contributed by atoms with E-state index in [1.807, 2.05) is 20.8 Å². The van der Waals surface area contributed by atoms with Gasteiger partial charge in [0.25, 0.3) is 0 Å².